The van der Waals surface area contributed by atoms with E-state index in [1.165, 1.54) is 38.6 Å². The van der Waals surface area contributed by atoms with Crippen LogP contribution in [0.3, 0.4) is 0 Å². The Morgan fingerprint density at radius 2 is 2.14 bits per heavy atom. The number of piperidine rings is 1. The van der Waals surface area contributed by atoms with Crippen LogP contribution in [-0.4, -0.2) is 37.2 Å². The molecule has 2 rings (SSSR count). The molecule has 2 unspecified atom stereocenters. The molecule has 14 heavy (non-hydrogen) atoms. The summed E-state index contributed by atoms with van der Waals surface area (Å²) in [7, 11) is 4.15. The Hall–Kier alpha value is -0.0800. The lowest BCUT2D eigenvalue weighted by atomic mass is 9.68. The van der Waals surface area contributed by atoms with Crippen molar-refractivity contribution in [2.75, 3.05) is 20.7 Å². The van der Waals surface area contributed by atoms with E-state index in [1.54, 1.807) is 0 Å². The molecule has 0 amide bonds. The highest BCUT2D eigenvalue weighted by molar-refractivity contribution is 4.99. The van der Waals surface area contributed by atoms with Crippen molar-refractivity contribution in [2.45, 2.75) is 50.7 Å². The van der Waals surface area contributed by atoms with Crippen LogP contribution < -0.4 is 0 Å². The summed E-state index contributed by atoms with van der Waals surface area (Å²) in [6.07, 6.45) is 7.13. The van der Waals surface area contributed by atoms with Crippen molar-refractivity contribution in [2.24, 2.45) is 5.92 Å². The third kappa shape index (κ3) is 1.59. The molecular formula is C12H23NO. The van der Waals surface area contributed by atoms with E-state index in [0.717, 1.165) is 5.92 Å². The van der Waals surface area contributed by atoms with Crippen molar-refractivity contribution < 1.29 is 4.74 Å². The summed E-state index contributed by atoms with van der Waals surface area (Å²) in [5, 5.41) is 0. The minimum Gasteiger partial charge on any atom is -0.381 e. The lowest BCUT2D eigenvalue weighted by Crippen LogP contribution is -2.56. The predicted molar refractivity (Wildman–Crippen MR) is 58.4 cm³/mol. The fourth-order valence-electron chi connectivity index (χ4n) is 3.32. The Balaban J connectivity index is 2.08. The Morgan fingerprint density at radius 1 is 1.36 bits per heavy atom. The maximum atomic E-state index is 5.50. The highest BCUT2D eigenvalue weighted by Gasteiger charge is 2.44. The molecule has 0 aromatic heterocycles. The van der Waals surface area contributed by atoms with Gasteiger partial charge in [0.25, 0.3) is 0 Å². The number of rotatable bonds is 1. The molecule has 1 heterocycles. The van der Waals surface area contributed by atoms with Gasteiger partial charge in [0, 0.05) is 12.6 Å². The van der Waals surface area contributed by atoms with E-state index in [-0.39, 0.29) is 0 Å². The van der Waals surface area contributed by atoms with E-state index in [0.29, 0.717) is 11.6 Å². The zero-order chi connectivity index (χ0) is 10.2. The molecule has 3 atom stereocenters. The van der Waals surface area contributed by atoms with E-state index in [4.69, 9.17) is 4.74 Å². The molecule has 1 saturated carbocycles. The zero-order valence-electron chi connectivity index (χ0n) is 9.75. The first-order valence-electron chi connectivity index (χ1n) is 5.91. The smallest absolute Gasteiger partial charge is 0.0575 e. The van der Waals surface area contributed by atoms with Crippen molar-refractivity contribution in [1.82, 2.24) is 4.90 Å². The van der Waals surface area contributed by atoms with Crippen LogP contribution >= 0.6 is 0 Å². The normalized spacial score (nSPS) is 44.8. The van der Waals surface area contributed by atoms with Gasteiger partial charge in [-0.25, -0.2) is 0 Å². The number of fused-ring (bicyclic) bond motifs is 1. The average Bonchev–Trinajstić information content (AvgIpc) is 2.19. The van der Waals surface area contributed by atoms with Gasteiger partial charge in [-0.2, -0.15) is 0 Å². The molecule has 0 radical (unpaired) electrons. The highest BCUT2D eigenvalue weighted by Crippen LogP contribution is 2.43. The van der Waals surface area contributed by atoms with Gasteiger partial charge in [-0.3, -0.25) is 0 Å². The second kappa shape index (κ2) is 3.82. The fraction of sp³-hybridized carbons (Fsp3) is 1.00. The third-order valence-corrected chi connectivity index (χ3v) is 4.65. The van der Waals surface area contributed by atoms with Crippen molar-refractivity contribution in [3.8, 4) is 0 Å². The number of hydrogen-bond acceptors (Lipinski definition) is 2. The van der Waals surface area contributed by atoms with Crippen LogP contribution in [0.15, 0.2) is 0 Å². The van der Waals surface area contributed by atoms with Gasteiger partial charge < -0.3 is 9.64 Å². The first-order valence-corrected chi connectivity index (χ1v) is 5.91. The summed E-state index contributed by atoms with van der Waals surface area (Å²) in [5.74, 6) is 0.861. The van der Waals surface area contributed by atoms with Crippen molar-refractivity contribution in [1.29, 1.82) is 0 Å². The van der Waals surface area contributed by atoms with Gasteiger partial charge in [-0.15, -0.1) is 0 Å². The van der Waals surface area contributed by atoms with E-state index in [1.807, 2.05) is 7.11 Å². The van der Waals surface area contributed by atoms with Crippen LogP contribution in [-0.2, 0) is 4.74 Å². The quantitative estimate of drug-likeness (QED) is 0.639. The first-order chi connectivity index (χ1) is 6.66. The molecular weight excluding hydrogens is 174 g/mol. The monoisotopic (exact) mass is 197 g/mol. The number of likely N-dealkylation sites (tertiary alicyclic amines) is 1. The molecule has 2 nitrogen and oxygen atoms in total. The Bertz CT molecular complexity index is 206. The summed E-state index contributed by atoms with van der Waals surface area (Å²) in [4.78, 5) is 2.58. The van der Waals surface area contributed by atoms with Crippen molar-refractivity contribution in [3.05, 3.63) is 0 Å². The van der Waals surface area contributed by atoms with Crippen LogP contribution in [0.4, 0.5) is 0 Å². The van der Waals surface area contributed by atoms with Crippen LogP contribution in [0.1, 0.15) is 39.0 Å². The standard InChI is InChI=1S/C12H23NO/c1-12-7-6-11(14-3)9-10(12)5-4-8-13(12)2/h10-11H,4-9H2,1-3H3/t10?,11?,12-/m1/s1. The topological polar surface area (TPSA) is 12.5 Å². The van der Waals surface area contributed by atoms with E-state index >= 15 is 0 Å². The molecule has 0 bridgehead atoms. The lowest BCUT2D eigenvalue weighted by molar-refractivity contribution is -0.0561. The summed E-state index contributed by atoms with van der Waals surface area (Å²) in [5.41, 5.74) is 0.466. The Labute approximate surface area is 87.6 Å². The maximum Gasteiger partial charge on any atom is 0.0575 e. The zero-order valence-corrected chi connectivity index (χ0v) is 9.75. The lowest BCUT2D eigenvalue weighted by Gasteiger charge is -2.52. The minimum absolute atomic E-state index is 0.466. The summed E-state index contributed by atoms with van der Waals surface area (Å²) < 4.78 is 5.50. The molecule has 1 aliphatic heterocycles. The van der Waals surface area contributed by atoms with Crippen LogP contribution in [0.5, 0.6) is 0 Å². The van der Waals surface area contributed by atoms with Gasteiger partial charge >= 0.3 is 0 Å². The molecule has 0 aromatic carbocycles. The minimum atomic E-state index is 0.466. The largest absolute Gasteiger partial charge is 0.381 e. The summed E-state index contributed by atoms with van der Waals surface area (Å²) in [6, 6.07) is 0. The molecule has 1 saturated heterocycles. The van der Waals surface area contributed by atoms with E-state index < -0.39 is 0 Å². The van der Waals surface area contributed by atoms with Crippen molar-refractivity contribution >= 4 is 0 Å². The van der Waals surface area contributed by atoms with Crippen LogP contribution in [0, 0.1) is 5.92 Å². The average molecular weight is 197 g/mol. The molecule has 82 valence electrons. The van der Waals surface area contributed by atoms with Gasteiger partial charge in [0.05, 0.1) is 6.10 Å². The van der Waals surface area contributed by atoms with Crippen molar-refractivity contribution in [3.63, 3.8) is 0 Å². The van der Waals surface area contributed by atoms with Gasteiger partial charge in [0.15, 0.2) is 0 Å². The fourth-order valence-corrected chi connectivity index (χ4v) is 3.32. The summed E-state index contributed by atoms with van der Waals surface area (Å²) >= 11 is 0. The molecule has 0 N–H and O–H groups in total. The second-order valence-corrected chi connectivity index (χ2v) is 5.25. The van der Waals surface area contributed by atoms with Crippen LogP contribution in [0.25, 0.3) is 0 Å². The Kier molecular flexibility index (Phi) is 2.85. The summed E-state index contributed by atoms with van der Waals surface area (Å²) in [6.45, 7) is 3.73. The highest BCUT2D eigenvalue weighted by atomic mass is 16.5. The number of ether oxygens (including phenoxy) is 1. The predicted octanol–water partition coefficient (Wildman–Crippen LogP) is 2.29. The SMILES string of the molecule is COC1CC[C@]2(C)C(CCCN2C)C1. The van der Waals surface area contributed by atoms with Gasteiger partial charge in [-0.1, -0.05) is 0 Å². The van der Waals surface area contributed by atoms with E-state index in [2.05, 4.69) is 18.9 Å². The third-order valence-electron chi connectivity index (χ3n) is 4.65. The Morgan fingerprint density at radius 3 is 2.86 bits per heavy atom. The first kappa shape index (κ1) is 10.4. The van der Waals surface area contributed by atoms with E-state index in [9.17, 15) is 0 Å². The number of hydrogen-bond donors (Lipinski definition) is 0. The van der Waals surface area contributed by atoms with Gasteiger partial charge in [-0.05, 0) is 58.5 Å². The van der Waals surface area contributed by atoms with Gasteiger partial charge in [0.2, 0.25) is 0 Å². The molecule has 0 spiro atoms. The van der Waals surface area contributed by atoms with Crippen LogP contribution in [0.2, 0.25) is 0 Å². The molecule has 2 aliphatic rings. The maximum absolute atomic E-state index is 5.50. The van der Waals surface area contributed by atoms with Gasteiger partial charge in [0.1, 0.15) is 0 Å². The number of methoxy groups -OCH3 is 1. The molecule has 2 fully saturated rings. The molecule has 2 heteroatoms. The number of nitrogens with zero attached hydrogens (tertiary/aromatic N) is 1. The second-order valence-electron chi connectivity index (χ2n) is 5.25. The molecule has 1 aliphatic carbocycles. The molecule has 0 aromatic rings.